The molecule has 7 nitrogen and oxygen atoms in total. The predicted octanol–water partition coefficient (Wildman–Crippen LogP) is 2.32. The van der Waals surface area contributed by atoms with Crippen molar-refractivity contribution >= 4 is 22.3 Å². The molecule has 0 aliphatic carbocycles. The number of aryl methyl sites for hydroxylation is 1. The minimum absolute atomic E-state index is 0.128. The number of aliphatic imine (C=N–C) groups is 1. The molecule has 0 radical (unpaired) electrons. The van der Waals surface area contributed by atoms with Gasteiger partial charge in [0.25, 0.3) is 10.0 Å². The lowest BCUT2D eigenvalue weighted by Gasteiger charge is -2.27. The van der Waals surface area contributed by atoms with Crippen LogP contribution >= 0.6 is 0 Å². The first-order valence-electron chi connectivity index (χ1n) is 8.24. The van der Waals surface area contributed by atoms with Gasteiger partial charge in [-0.2, -0.15) is 0 Å². The van der Waals surface area contributed by atoms with Gasteiger partial charge in [0.2, 0.25) is 0 Å². The molecule has 0 amide bonds. The number of hydrogen-bond acceptors (Lipinski definition) is 6. The molecule has 0 saturated heterocycles. The Morgan fingerprint density at radius 3 is 2.22 bits per heavy atom. The van der Waals surface area contributed by atoms with Gasteiger partial charge in [-0.25, -0.2) is 17.5 Å². The van der Waals surface area contributed by atoms with Gasteiger partial charge in [0, 0.05) is 0 Å². The highest BCUT2D eigenvalue weighted by molar-refractivity contribution is 7.89. The largest absolute Gasteiger partial charge is 0.497 e. The van der Waals surface area contributed by atoms with Crippen molar-refractivity contribution in [2.45, 2.75) is 23.9 Å². The number of hydrogen-bond donors (Lipinski definition) is 0. The van der Waals surface area contributed by atoms with Gasteiger partial charge in [-0.05, 0) is 36.8 Å². The monoisotopic (exact) mass is 388 g/mol. The van der Waals surface area contributed by atoms with E-state index in [1.165, 1.54) is 25.6 Å². The summed E-state index contributed by atoms with van der Waals surface area (Å²) in [5.41, 5.74) is 1.56. The van der Waals surface area contributed by atoms with Crippen LogP contribution < -0.4 is 4.74 Å². The lowest BCUT2D eigenvalue weighted by Crippen LogP contribution is -2.37. The van der Waals surface area contributed by atoms with Gasteiger partial charge in [-0.1, -0.05) is 29.8 Å². The highest BCUT2D eigenvalue weighted by atomic mass is 32.2. The van der Waals surface area contributed by atoms with E-state index in [2.05, 4.69) is 4.99 Å². The molecule has 1 aliphatic rings. The Kier molecular flexibility index (Phi) is 5.18. The van der Waals surface area contributed by atoms with Crippen molar-refractivity contribution < 1.29 is 22.7 Å². The van der Waals surface area contributed by atoms with Gasteiger partial charge in [0.05, 0.1) is 19.1 Å². The summed E-state index contributed by atoms with van der Waals surface area (Å²) in [6.07, 6.45) is 1.19. The maximum Gasteiger partial charge on any atom is 0.333 e. The molecular formula is C19H20N2O5S. The Morgan fingerprint density at radius 1 is 1.04 bits per heavy atom. The minimum atomic E-state index is -3.90. The first-order valence-corrected chi connectivity index (χ1v) is 9.68. The third-order valence-electron chi connectivity index (χ3n) is 4.41. The standard InChI is InChI=1S/C19H20N2O5S/c1-13-4-10-16(11-5-13)27(23,24)21-12-20-17(19(22)26-3)18(21)14-6-8-15(25-2)9-7-14/h4-12,17-18H,1-3H3. The fourth-order valence-electron chi connectivity index (χ4n) is 2.91. The third kappa shape index (κ3) is 3.52. The van der Waals surface area contributed by atoms with E-state index < -0.39 is 28.1 Å². The lowest BCUT2D eigenvalue weighted by atomic mass is 10.0. The van der Waals surface area contributed by atoms with Gasteiger partial charge in [-0.3, -0.25) is 4.99 Å². The van der Waals surface area contributed by atoms with E-state index in [4.69, 9.17) is 9.47 Å². The third-order valence-corrected chi connectivity index (χ3v) is 6.16. The topological polar surface area (TPSA) is 85.3 Å². The van der Waals surface area contributed by atoms with Crippen LogP contribution in [0.2, 0.25) is 0 Å². The van der Waals surface area contributed by atoms with Crippen molar-refractivity contribution in [2.24, 2.45) is 4.99 Å². The number of nitrogens with zero attached hydrogens (tertiary/aromatic N) is 2. The number of ether oxygens (including phenoxy) is 2. The zero-order valence-electron chi connectivity index (χ0n) is 15.2. The average Bonchev–Trinajstić information content (AvgIpc) is 3.13. The van der Waals surface area contributed by atoms with Crippen LogP contribution in [0.15, 0.2) is 58.4 Å². The molecule has 0 spiro atoms. The summed E-state index contributed by atoms with van der Waals surface area (Å²) >= 11 is 0. The van der Waals surface area contributed by atoms with Crippen LogP contribution in [0.4, 0.5) is 0 Å². The molecule has 1 aliphatic heterocycles. The fourth-order valence-corrected chi connectivity index (χ4v) is 4.35. The van der Waals surface area contributed by atoms with E-state index in [9.17, 15) is 13.2 Å². The second-order valence-electron chi connectivity index (χ2n) is 6.10. The molecule has 2 unspecified atom stereocenters. The quantitative estimate of drug-likeness (QED) is 0.734. The zero-order chi connectivity index (χ0) is 19.6. The smallest absolute Gasteiger partial charge is 0.333 e. The number of rotatable bonds is 5. The summed E-state index contributed by atoms with van der Waals surface area (Å²) < 4.78 is 37.4. The molecule has 8 heteroatoms. The molecule has 3 rings (SSSR count). The maximum absolute atomic E-state index is 13.2. The average molecular weight is 388 g/mol. The second-order valence-corrected chi connectivity index (χ2v) is 7.94. The number of methoxy groups -OCH3 is 2. The van der Waals surface area contributed by atoms with Gasteiger partial charge in [0.15, 0.2) is 6.04 Å². The summed E-state index contributed by atoms with van der Waals surface area (Å²) in [6, 6.07) is 11.5. The van der Waals surface area contributed by atoms with Crippen LogP contribution in [0.5, 0.6) is 5.75 Å². The van der Waals surface area contributed by atoms with E-state index in [-0.39, 0.29) is 4.90 Å². The Labute approximate surface area is 158 Å². The van der Waals surface area contributed by atoms with E-state index in [0.717, 1.165) is 9.87 Å². The molecule has 2 aromatic rings. The Hall–Kier alpha value is -2.87. The summed E-state index contributed by atoms with van der Waals surface area (Å²) in [5, 5.41) is 0. The highest BCUT2D eigenvalue weighted by Gasteiger charge is 2.43. The van der Waals surface area contributed by atoms with Gasteiger partial charge < -0.3 is 9.47 Å². The van der Waals surface area contributed by atoms with Gasteiger partial charge in [-0.15, -0.1) is 0 Å². The van der Waals surface area contributed by atoms with Crippen LogP contribution in [0, 0.1) is 6.92 Å². The van der Waals surface area contributed by atoms with Crippen LogP contribution in [-0.2, 0) is 19.6 Å². The molecule has 2 atom stereocenters. The maximum atomic E-state index is 13.2. The Balaban J connectivity index is 2.05. The number of esters is 1. The number of carbonyl (C=O) groups is 1. The number of sulfonamides is 1. The molecule has 2 aromatic carbocycles. The minimum Gasteiger partial charge on any atom is -0.497 e. The molecule has 142 valence electrons. The van der Waals surface area contributed by atoms with Gasteiger partial charge in [0.1, 0.15) is 18.1 Å². The SMILES string of the molecule is COC(=O)C1N=CN(S(=O)(=O)c2ccc(C)cc2)C1c1ccc(OC)cc1. The summed E-state index contributed by atoms with van der Waals surface area (Å²) in [5.74, 6) is 0.0221. The van der Waals surface area contributed by atoms with Crippen LogP contribution in [0.25, 0.3) is 0 Å². The normalized spacial score (nSPS) is 19.1. The van der Waals surface area contributed by atoms with Crippen LogP contribution in [0.3, 0.4) is 0 Å². The molecule has 27 heavy (non-hydrogen) atoms. The molecule has 1 heterocycles. The van der Waals surface area contributed by atoms with Crippen LogP contribution in [-0.4, -0.2) is 45.3 Å². The number of carbonyl (C=O) groups excluding carboxylic acids is 1. The molecule has 0 N–H and O–H groups in total. The van der Waals surface area contributed by atoms with Crippen molar-refractivity contribution in [3.8, 4) is 5.75 Å². The van der Waals surface area contributed by atoms with Crippen molar-refractivity contribution in [1.29, 1.82) is 0 Å². The first kappa shape index (κ1) is 18.9. The molecular weight excluding hydrogens is 368 g/mol. The summed E-state index contributed by atoms with van der Waals surface area (Å²) in [6.45, 7) is 1.88. The number of benzene rings is 2. The van der Waals surface area contributed by atoms with Crippen LogP contribution in [0.1, 0.15) is 17.2 Å². The Morgan fingerprint density at radius 2 is 1.67 bits per heavy atom. The lowest BCUT2D eigenvalue weighted by molar-refractivity contribution is -0.142. The van der Waals surface area contributed by atoms with Gasteiger partial charge >= 0.3 is 5.97 Å². The van der Waals surface area contributed by atoms with E-state index in [0.29, 0.717) is 11.3 Å². The van der Waals surface area contributed by atoms with Crippen molar-refractivity contribution in [3.63, 3.8) is 0 Å². The second kappa shape index (κ2) is 7.40. The first-order chi connectivity index (χ1) is 12.9. The fraction of sp³-hybridized carbons (Fsp3) is 0.263. The van der Waals surface area contributed by atoms with E-state index in [1.54, 1.807) is 43.5 Å². The van der Waals surface area contributed by atoms with Crippen molar-refractivity contribution in [2.75, 3.05) is 14.2 Å². The Bertz CT molecular complexity index is 953. The van der Waals surface area contributed by atoms with Crippen molar-refractivity contribution in [3.05, 3.63) is 59.7 Å². The van der Waals surface area contributed by atoms with Crippen molar-refractivity contribution in [1.82, 2.24) is 4.31 Å². The zero-order valence-corrected chi connectivity index (χ0v) is 16.0. The molecule has 0 saturated carbocycles. The summed E-state index contributed by atoms with van der Waals surface area (Å²) in [7, 11) is -1.11. The van der Waals surface area contributed by atoms with E-state index in [1.807, 2.05) is 6.92 Å². The molecule has 0 aromatic heterocycles. The molecule has 0 bridgehead atoms. The highest BCUT2D eigenvalue weighted by Crippen LogP contribution is 2.35. The molecule has 0 fully saturated rings. The summed E-state index contributed by atoms with van der Waals surface area (Å²) in [4.78, 5) is 16.4. The predicted molar refractivity (Wildman–Crippen MR) is 100 cm³/mol. The van der Waals surface area contributed by atoms with E-state index >= 15 is 0 Å².